The number of anilines is 1. The predicted octanol–water partition coefficient (Wildman–Crippen LogP) is 1.08. The molecule has 0 bridgehead atoms. The van der Waals surface area contributed by atoms with Crippen LogP contribution in [-0.4, -0.2) is 16.1 Å². The number of halogens is 2. The van der Waals surface area contributed by atoms with E-state index in [1.165, 1.54) is 0 Å². The number of nitrogens with two attached hydrogens (primary N) is 1. The molecule has 0 aliphatic carbocycles. The van der Waals surface area contributed by atoms with Crippen molar-refractivity contribution in [1.29, 1.82) is 0 Å². The fraction of sp³-hybridized carbons (Fsp3) is 0.143. The van der Waals surface area contributed by atoms with Crippen LogP contribution in [0.15, 0.2) is 6.07 Å². The van der Waals surface area contributed by atoms with Gasteiger partial charge in [0.2, 0.25) is 5.95 Å². The van der Waals surface area contributed by atoms with Gasteiger partial charge in [-0.3, -0.25) is 4.79 Å². The summed E-state index contributed by atoms with van der Waals surface area (Å²) < 4.78 is 12.6. The van der Waals surface area contributed by atoms with Crippen molar-refractivity contribution in [3.05, 3.63) is 22.7 Å². The number of nitrogen functional groups attached to an aromatic ring is 1. The average molecular weight is 205 g/mol. The van der Waals surface area contributed by atoms with Crippen LogP contribution in [0.4, 0.5) is 10.1 Å². The van der Waals surface area contributed by atoms with Gasteiger partial charge >= 0.3 is 5.97 Å². The quantitative estimate of drug-likeness (QED) is 0.707. The molecule has 0 aromatic carbocycles. The minimum atomic E-state index is -1.14. The summed E-state index contributed by atoms with van der Waals surface area (Å²) in [5, 5.41) is 8.40. The molecule has 0 saturated carbocycles. The lowest BCUT2D eigenvalue weighted by molar-refractivity contribution is -0.136. The lowest BCUT2D eigenvalue weighted by Crippen LogP contribution is -2.06. The third-order valence-electron chi connectivity index (χ3n) is 1.34. The number of carboxylic acid groups (broad SMARTS) is 1. The molecule has 0 saturated heterocycles. The van der Waals surface area contributed by atoms with E-state index >= 15 is 0 Å². The van der Waals surface area contributed by atoms with Crippen LogP contribution in [0.1, 0.15) is 5.69 Å². The Hall–Kier alpha value is -1.36. The lowest BCUT2D eigenvalue weighted by atomic mass is 10.2. The summed E-state index contributed by atoms with van der Waals surface area (Å²) >= 11 is 5.59. The molecule has 1 rings (SSSR count). The van der Waals surface area contributed by atoms with Crippen LogP contribution in [0.25, 0.3) is 0 Å². The summed E-state index contributed by atoms with van der Waals surface area (Å²) in [5.74, 6) is -1.97. The molecule has 70 valence electrons. The molecule has 0 radical (unpaired) electrons. The number of aromatic nitrogens is 1. The number of nitrogens with zero attached hydrogens (tertiary/aromatic N) is 1. The second-order valence-corrected chi connectivity index (χ2v) is 2.74. The summed E-state index contributed by atoms with van der Waals surface area (Å²) in [4.78, 5) is 13.6. The number of pyridine rings is 1. The molecule has 13 heavy (non-hydrogen) atoms. The van der Waals surface area contributed by atoms with E-state index in [1.807, 2.05) is 0 Å². The van der Waals surface area contributed by atoms with Gasteiger partial charge < -0.3 is 10.8 Å². The Morgan fingerprint density at radius 1 is 1.77 bits per heavy atom. The van der Waals surface area contributed by atoms with Crippen molar-refractivity contribution >= 4 is 23.3 Å². The first-order valence-electron chi connectivity index (χ1n) is 3.33. The second-order valence-electron chi connectivity index (χ2n) is 2.37. The Morgan fingerprint density at radius 3 is 2.92 bits per heavy atom. The van der Waals surface area contributed by atoms with E-state index < -0.39 is 18.3 Å². The fourth-order valence-electron chi connectivity index (χ4n) is 0.829. The van der Waals surface area contributed by atoms with Crippen molar-refractivity contribution in [1.82, 2.24) is 4.98 Å². The van der Waals surface area contributed by atoms with Crippen LogP contribution in [-0.2, 0) is 11.2 Å². The van der Waals surface area contributed by atoms with Crippen LogP contribution in [0, 0.1) is 5.95 Å². The molecular weight excluding hydrogens is 199 g/mol. The topological polar surface area (TPSA) is 76.2 Å². The molecule has 0 fully saturated rings. The molecule has 1 heterocycles. The number of rotatable bonds is 2. The molecule has 0 unspecified atom stereocenters. The molecule has 0 spiro atoms. The Balaban J connectivity index is 3.12. The highest BCUT2D eigenvalue weighted by atomic mass is 35.5. The molecular formula is C7H6ClFN2O2. The first-order chi connectivity index (χ1) is 6.00. The maximum absolute atomic E-state index is 12.6. The average Bonchev–Trinajstić information content (AvgIpc) is 1.98. The molecule has 3 N–H and O–H groups in total. The number of hydrogen-bond donors (Lipinski definition) is 2. The van der Waals surface area contributed by atoms with Crippen molar-refractivity contribution in [3.8, 4) is 0 Å². The zero-order valence-corrected chi connectivity index (χ0v) is 7.18. The van der Waals surface area contributed by atoms with Gasteiger partial charge in [0, 0.05) is 6.07 Å². The number of carbonyl (C=O) groups is 1. The highest BCUT2D eigenvalue weighted by Crippen LogP contribution is 2.22. The third-order valence-corrected chi connectivity index (χ3v) is 1.78. The predicted molar refractivity (Wildman–Crippen MR) is 45.0 cm³/mol. The van der Waals surface area contributed by atoms with Crippen LogP contribution >= 0.6 is 11.6 Å². The summed E-state index contributed by atoms with van der Waals surface area (Å²) in [5.41, 5.74) is 5.22. The summed E-state index contributed by atoms with van der Waals surface area (Å²) in [6, 6.07) is 0.938. The van der Waals surface area contributed by atoms with E-state index in [2.05, 4.69) is 4.98 Å². The fourth-order valence-corrected chi connectivity index (χ4v) is 0.993. The Labute approximate surface area is 78.1 Å². The second kappa shape index (κ2) is 3.57. The maximum Gasteiger partial charge on any atom is 0.309 e. The zero-order valence-electron chi connectivity index (χ0n) is 6.42. The summed E-state index contributed by atoms with van der Waals surface area (Å²) in [7, 11) is 0. The molecule has 1 aromatic heterocycles. The number of hydrogen-bond acceptors (Lipinski definition) is 3. The van der Waals surface area contributed by atoms with Gasteiger partial charge in [0.1, 0.15) is 0 Å². The Morgan fingerprint density at radius 2 is 2.38 bits per heavy atom. The van der Waals surface area contributed by atoms with Crippen molar-refractivity contribution in [2.75, 3.05) is 5.73 Å². The highest BCUT2D eigenvalue weighted by molar-refractivity contribution is 6.33. The minimum absolute atomic E-state index is 0.00887. The maximum atomic E-state index is 12.6. The summed E-state index contributed by atoms with van der Waals surface area (Å²) in [6.07, 6.45) is -0.444. The minimum Gasteiger partial charge on any atom is -0.481 e. The van der Waals surface area contributed by atoms with E-state index in [0.717, 1.165) is 6.07 Å². The van der Waals surface area contributed by atoms with Gasteiger partial charge in [-0.25, -0.2) is 4.98 Å². The highest BCUT2D eigenvalue weighted by Gasteiger charge is 2.11. The Kier molecular flexibility index (Phi) is 2.67. The monoisotopic (exact) mass is 204 g/mol. The van der Waals surface area contributed by atoms with Crippen molar-refractivity contribution in [2.45, 2.75) is 6.42 Å². The lowest BCUT2D eigenvalue weighted by Gasteiger charge is -2.02. The molecule has 0 amide bonds. The first kappa shape index (κ1) is 9.73. The molecule has 0 atom stereocenters. The smallest absolute Gasteiger partial charge is 0.309 e. The van der Waals surface area contributed by atoms with Crippen molar-refractivity contribution in [3.63, 3.8) is 0 Å². The van der Waals surface area contributed by atoms with Gasteiger partial charge in [-0.1, -0.05) is 11.6 Å². The van der Waals surface area contributed by atoms with Gasteiger partial charge in [-0.15, -0.1) is 0 Å². The van der Waals surface area contributed by atoms with Gasteiger partial charge in [-0.2, -0.15) is 4.39 Å². The largest absolute Gasteiger partial charge is 0.481 e. The van der Waals surface area contributed by atoms with Crippen LogP contribution < -0.4 is 5.73 Å². The Bertz CT molecular complexity index is 357. The van der Waals surface area contributed by atoms with E-state index in [1.54, 1.807) is 0 Å². The van der Waals surface area contributed by atoms with E-state index in [4.69, 9.17) is 22.4 Å². The molecule has 1 aromatic rings. The van der Waals surface area contributed by atoms with Crippen LogP contribution in [0.5, 0.6) is 0 Å². The molecule has 6 heteroatoms. The SMILES string of the molecule is Nc1cc(F)nc(CC(=O)O)c1Cl. The third kappa shape index (κ3) is 2.29. The first-order valence-corrected chi connectivity index (χ1v) is 3.70. The van der Waals surface area contributed by atoms with E-state index in [9.17, 15) is 9.18 Å². The molecule has 0 aliphatic heterocycles. The molecule has 4 nitrogen and oxygen atoms in total. The van der Waals surface area contributed by atoms with E-state index in [0.29, 0.717) is 0 Å². The van der Waals surface area contributed by atoms with Crippen molar-refractivity contribution in [2.24, 2.45) is 0 Å². The zero-order chi connectivity index (χ0) is 10.0. The van der Waals surface area contributed by atoms with Crippen LogP contribution in [0.3, 0.4) is 0 Å². The summed E-state index contributed by atoms with van der Waals surface area (Å²) in [6.45, 7) is 0. The van der Waals surface area contributed by atoms with Crippen molar-refractivity contribution < 1.29 is 14.3 Å². The number of carboxylic acids is 1. The van der Waals surface area contributed by atoms with Gasteiger partial charge in [0.05, 0.1) is 22.8 Å². The molecule has 0 aliphatic rings. The number of aliphatic carboxylic acids is 1. The normalized spacial score (nSPS) is 10.0. The van der Waals surface area contributed by atoms with Gasteiger partial charge in [-0.05, 0) is 0 Å². The standard InChI is InChI=1S/C7H6ClFN2O2/c8-7-3(10)1-5(9)11-4(7)2-6(12)13/h1H,2H2,(H2,10,11)(H,12,13). The van der Waals surface area contributed by atoms with E-state index in [-0.39, 0.29) is 16.4 Å². The van der Waals surface area contributed by atoms with Gasteiger partial charge in [0.25, 0.3) is 0 Å². The van der Waals surface area contributed by atoms with Crippen LogP contribution in [0.2, 0.25) is 5.02 Å². The van der Waals surface area contributed by atoms with Gasteiger partial charge in [0.15, 0.2) is 0 Å².